The first-order valence-electron chi connectivity index (χ1n) is 5.20. The van der Waals surface area contributed by atoms with Gasteiger partial charge in [-0.1, -0.05) is 11.6 Å². The summed E-state index contributed by atoms with van der Waals surface area (Å²) in [6, 6.07) is 0.533. The van der Waals surface area contributed by atoms with Gasteiger partial charge in [-0.3, -0.25) is 9.48 Å². The van der Waals surface area contributed by atoms with Crippen molar-refractivity contribution in [2.24, 2.45) is 0 Å². The zero-order chi connectivity index (χ0) is 10.8. The number of halogens is 1. The topological polar surface area (TPSA) is 46.9 Å². The van der Waals surface area contributed by atoms with Gasteiger partial charge >= 0.3 is 0 Å². The highest BCUT2D eigenvalue weighted by molar-refractivity contribution is 6.33. The Morgan fingerprint density at radius 3 is 3.07 bits per heavy atom. The Bertz CT molecular complexity index is 371. The Morgan fingerprint density at radius 1 is 1.73 bits per heavy atom. The molecule has 15 heavy (non-hydrogen) atoms. The van der Waals surface area contributed by atoms with Crippen LogP contribution in [0.25, 0.3) is 0 Å². The summed E-state index contributed by atoms with van der Waals surface area (Å²) in [5.74, 6) is 0.0197. The highest BCUT2D eigenvalue weighted by atomic mass is 35.5. The number of hydrogen-bond acceptors (Lipinski definition) is 3. The maximum absolute atomic E-state index is 11.8. The molecule has 1 aliphatic carbocycles. The van der Waals surface area contributed by atoms with Crippen LogP contribution in [0.2, 0.25) is 5.02 Å². The first-order chi connectivity index (χ1) is 7.22. The van der Waals surface area contributed by atoms with Crippen molar-refractivity contribution in [3.8, 4) is 0 Å². The zero-order valence-corrected chi connectivity index (χ0v) is 9.42. The monoisotopic (exact) mass is 227 g/mol. The smallest absolute Gasteiger partial charge is 0.196 e. The van der Waals surface area contributed by atoms with E-state index >= 15 is 0 Å². The van der Waals surface area contributed by atoms with Crippen LogP contribution in [0.5, 0.6) is 0 Å². The number of aromatic nitrogens is 2. The molecule has 1 saturated carbocycles. The summed E-state index contributed by atoms with van der Waals surface area (Å²) in [6.07, 6.45) is 3.87. The number of hydrogen-bond donors (Lipinski definition) is 1. The van der Waals surface area contributed by atoms with Gasteiger partial charge in [0.1, 0.15) is 5.69 Å². The highest BCUT2D eigenvalue weighted by Gasteiger charge is 2.23. The normalized spacial score (nSPS) is 15.6. The second-order valence-corrected chi connectivity index (χ2v) is 4.14. The van der Waals surface area contributed by atoms with Gasteiger partial charge in [0.25, 0.3) is 0 Å². The molecule has 1 aromatic rings. The van der Waals surface area contributed by atoms with Crippen molar-refractivity contribution < 1.29 is 4.79 Å². The number of aryl methyl sites for hydroxylation is 1. The van der Waals surface area contributed by atoms with Gasteiger partial charge in [0.15, 0.2) is 5.78 Å². The molecule has 0 bridgehead atoms. The number of rotatable bonds is 5. The van der Waals surface area contributed by atoms with E-state index in [1.54, 1.807) is 4.68 Å². The maximum Gasteiger partial charge on any atom is 0.196 e. The minimum Gasteiger partial charge on any atom is -0.307 e. The molecular formula is C10H14ClN3O. The molecule has 82 valence electrons. The maximum atomic E-state index is 11.8. The number of nitrogens with zero attached hydrogens (tertiary/aromatic N) is 2. The van der Waals surface area contributed by atoms with Gasteiger partial charge in [0.05, 0.1) is 17.8 Å². The molecule has 1 aliphatic rings. The lowest BCUT2D eigenvalue weighted by molar-refractivity contribution is 0.0980. The first-order valence-corrected chi connectivity index (χ1v) is 5.58. The molecule has 0 spiro atoms. The van der Waals surface area contributed by atoms with Crippen molar-refractivity contribution in [3.63, 3.8) is 0 Å². The van der Waals surface area contributed by atoms with E-state index in [1.807, 2.05) is 6.92 Å². The second kappa shape index (κ2) is 4.33. The van der Waals surface area contributed by atoms with Gasteiger partial charge < -0.3 is 5.32 Å². The second-order valence-electron chi connectivity index (χ2n) is 3.74. The fraction of sp³-hybridized carbons (Fsp3) is 0.600. The van der Waals surface area contributed by atoms with Crippen LogP contribution >= 0.6 is 11.6 Å². The van der Waals surface area contributed by atoms with Crippen LogP contribution in [-0.2, 0) is 6.54 Å². The molecule has 0 atom stereocenters. The van der Waals surface area contributed by atoms with Crippen LogP contribution in [-0.4, -0.2) is 28.2 Å². The number of nitrogens with one attached hydrogen (secondary N) is 1. The fourth-order valence-corrected chi connectivity index (χ4v) is 1.73. The average molecular weight is 228 g/mol. The van der Waals surface area contributed by atoms with Gasteiger partial charge in [-0.15, -0.1) is 0 Å². The van der Waals surface area contributed by atoms with E-state index in [0.29, 0.717) is 29.8 Å². The van der Waals surface area contributed by atoms with Crippen LogP contribution in [0.3, 0.4) is 0 Å². The van der Waals surface area contributed by atoms with E-state index < -0.39 is 0 Å². The quantitative estimate of drug-likeness (QED) is 0.776. The Kier molecular flexibility index (Phi) is 3.07. The number of ketones is 1. The summed E-state index contributed by atoms with van der Waals surface area (Å²) in [7, 11) is 0. The fourth-order valence-electron chi connectivity index (χ4n) is 1.49. The zero-order valence-electron chi connectivity index (χ0n) is 8.66. The van der Waals surface area contributed by atoms with Crippen molar-refractivity contribution in [2.45, 2.75) is 32.4 Å². The Labute approximate surface area is 93.6 Å². The molecule has 2 rings (SSSR count). The Hall–Kier alpha value is -0.870. The van der Waals surface area contributed by atoms with Gasteiger partial charge in [-0.05, 0) is 19.8 Å². The summed E-state index contributed by atoms with van der Waals surface area (Å²) in [5, 5.41) is 7.65. The van der Waals surface area contributed by atoms with E-state index in [2.05, 4.69) is 10.4 Å². The lowest BCUT2D eigenvalue weighted by Crippen LogP contribution is -2.26. The summed E-state index contributed by atoms with van der Waals surface area (Å²) >= 11 is 5.92. The molecule has 1 fully saturated rings. The van der Waals surface area contributed by atoms with E-state index in [1.165, 1.54) is 19.0 Å². The van der Waals surface area contributed by atoms with Crippen molar-refractivity contribution in [1.29, 1.82) is 0 Å². The van der Waals surface area contributed by atoms with Gasteiger partial charge in [-0.25, -0.2) is 0 Å². The van der Waals surface area contributed by atoms with Crippen LogP contribution in [0.1, 0.15) is 30.3 Å². The third kappa shape index (κ3) is 2.38. The number of carbonyl (C=O) groups excluding carboxylic acids is 1. The van der Waals surface area contributed by atoms with Crippen LogP contribution < -0.4 is 5.32 Å². The molecule has 0 aromatic carbocycles. The molecular weight excluding hydrogens is 214 g/mol. The largest absolute Gasteiger partial charge is 0.307 e. The van der Waals surface area contributed by atoms with Gasteiger partial charge in [-0.2, -0.15) is 5.10 Å². The SMILES string of the molecule is CCn1ncc(Cl)c1C(=O)CNC1CC1. The summed E-state index contributed by atoms with van der Waals surface area (Å²) in [4.78, 5) is 11.8. The molecule has 0 unspecified atom stereocenters. The van der Waals surface area contributed by atoms with Crippen molar-refractivity contribution >= 4 is 17.4 Å². The first kappa shape index (κ1) is 10.6. The van der Waals surface area contributed by atoms with E-state index in [-0.39, 0.29) is 5.78 Å². The summed E-state index contributed by atoms with van der Waals surface area (Å²) in [6.45, 7) is 2.96. The third-order valence-corrected chi connectivity index (χ3v) is 2.76. The average Bonchev–Trinajstić information content (AvgIpc) is 2.98. The molecule has 5 heteroatoms. The van der Waals surface area contributed by atoms with Crippen molar-refractivity contribution in [2.75, 3.05) is 6.54 Å². The number of Topliss-reactive ketones (excluding diaryl/α,β-unsaturated/α-hetero) is 1. The minimum absolute atomic E-state index is 0.0197. The minimum atomic E-state index is 0.0197. The van der Waals surface area contributed by atoms with Crippen LogP contribution in [0, 0.1) is 0 Å². The van der Waals surface area contributed by atoms with Crippen molar-refractivity contribution in [1.82, 2.24) is 15.1 Å². The molecule has 0 amide bonds. The lowest BCUT2D eigenvalue weighted by Gasteiger charge is -2.05. The van der Waals surface area contributed by atoms with E-state index in [9.17, 15) is 4.79 Å². The molecule has 1 heterocycles. The lowest BCUT2D eigenvalue weighted by atomic mass is 10.2. The summed E-state index contributed by atoms with van der Waals surface area (Å²) < 4.78 is 1.64. The molecule has 1 aromatic heterocycles. The molecule has 1 N–H and O–H groups in total. The summed E-state index contributed by atoms with van der Waals surface area (Å²) in [5.41, 5.74) is 0.521. The van der Waals surface area contributed by atoms with E-state index in [0.717, 1.165) is 0 Å². The Morgan fingerprint density at radius 2 is 2.47 bits per heavy atom. The van der Waals surface area contributed by atoms with Crippen molar-refractivity contribution in [3.05, 3.63) is 16.9 Å². The highest BCUT2D eigenvalue weighted by Crippen LogP contribution is 2.19. The van der Waals surface area contributed by atoms with Gasteiger partial charge in [0, 0.05) is 12.6 Å². The van der Waals surface area contributed by atoms with Gasteiger partial charge in [0.2, 0.25) is 0 Å². The molecule has 0 saturated heterocycles. The third-order valence-electron chi connectivity index (χ3n) is 2.49. The van der Waals surface area contributed by atoms with E-state index in [4.69, 9.17) is 11.6 Å². The molecule has 0 aliphatic heterocycles. The molecule has 4 nitrogen and oxygen atoms in total. The van der Waals surface area contributed by atoms with Crippen LogP contribution in [0.4, 0.5) is 0 Å². The van der Waals surface area contributed by atoms with Crippen LogP contribution in [0.15, 0.2) is 6.20 Å². The Balaban J connectivity index is 2.05. The standard InChI is InChI=1S/C10H14ClN3O/c1-2-14-10(8(11)5-13-14)9(15)6-12-7-3-4-7/h5,7,12H,2-4,6H2,1H3. The predicted octanol–water partition coefficient (Wildman–Crippen LogP) is 1.49. The molecule has 0 radical (unpaired) electrons. The number of carbonyl (C=O) groups is 1. The predicted molar refractivity (Wildman–Crippen MR) is 58.3 cm³/mol.